The molecule has 0 aliphatic heterocycles. The summed E-state index contributed by atoms with van der Waals surface area (Å²) in [5.41, 5.74) is 1.40. The molecular formula is C21H26N2O5. The lowest BCUT2D eigenvalue weighted by atomic mass is 10.1. The van der Waals surface area contributed by atoms with E-state index in [0.717, 1.165) is 5.56 Å². The fraction of sp³-hybridized carbons (Fsp3) is 0.333. The summed E-state index contributed by atoms with van der Waals surface area (Å²) in [5.74, 6) is 1.25. The van der Waals surface area contributed by atoms with Crippen LogP contribution >= 0.6 is 0 Å². The summed E-state index contributed by atoms with van der Waals surface area (Å²) < 4.78 is 16.0. The highest BCUT2D eigenvalue weighted by molar-refractivity contribution is 5.97. The Morgan fingerprint density at radius 1 is 0.964 bits per heavy atom. The zero-order chi connectivity index (χ0) is 20.5. The number of para-hydroxylation sites is 1. The topological polar surface area (TPSA) is 77.1 Å². The van der Waals surface area contributed by atoms with E-state index in [2.05, 4.69) is 5.32 Å². The summed E-state index contributed by atoms with van der Waals surface area (Å²) in [6.45, 7) is 0.322. The van der Waals surface area contributed by atoms with Crippen LogP contribution in [-0.2, 0) is 11.2 Å². The first-order valence-electron chi connectivity index (χ1n) is 8.87. The number of nitrogens with one attached hydrogen (secondary N) is 1. The molecule has 1 N–H and O–H groups in total. The van der Waals surface area contributed by atoms with Gasteiger partial charge in [0.1, 0.15) is 5.75 Å². The van der Waals surface area contributed by atoms with E-state index in [1.54, 1.807) is 52.6 Å². The molecule has 2 rings (SSSR count). The smallest absolute Gasteiger partial charge is 0.259 e. The minimum Gasteiger partial charge on any atom is -0.493 e. The van der Waals surface area contributed by atoms with Crippen molar-refractivity contribution in [3.63, 3.8) is 0 Å². The minimum absolute atomic E-state index is 0.122. The maximum atomic E-state index is 12.5. The van der Waals surface area contributed by atoms with Crippen LogP contribution in [0, 0.1) is 0 Å². The largest absolute Gasteiger partial charge is 0.493 e. The molecule has 7 heteroatoms. The number of likely N-dealkylation sites (N-methyl/N-ethyl adjacent to an activating group) is 1. The Balaban J connectivity index is 1.95. The molecule has 0 aromatic heterocycles. The number of rotatable bonds is 9. The zero-order valence-electron chi connectivity index (χ0n) is 16.7. The van der Waals surface area contributed by atoms with Crippen LogP contribution in [0.4, 0.5) is 0 Å². The predicted molar refractivity (Wildman–Crippen MR) is 106 cm³/mol. The van der Waals surface area contributed by atoms with E-state index in [-0.39, 0.29) is 18.4 Å². The maximum absolute atomic E-state index is 12.5. The Hall–Kier alpha value is -3.22. The first-order chi connectivity index (χ1) is 13.5. The lowest BCUT2D eigenvalue weighted by molar-refractivity contribution is -0.130. The van der Waals surface area contributed by atoms with Gasteiger partial charge in [-0.1, -0.05) is 18.2 Å². The third kappa shape index (κ3) is 5.64. The molecule has 0 heterocycles. The van der Waals surface area contributed by atoms with Gasteiger partial charge >= 0.3 is 0 Å². The number of hydrogen-bond donors (Lipinski definition) is 1. The molecule has 0 bridgehead atoms. The summed E-state index contributed by atoms with van der Waals surface area (Å²) in [6.07, 6.45) is 0.633. The van der Waals surface area contributed by atoms with Crippen LogP contribution in [0.2, 0.25) is 0 Å². The van der Waals surface area contributed by atoms with E-state index >= 15 is 0 Å². The molecule has 0 fully saturated rings. The minimum atomic E-state index is -0.256. The molecule has 2 aromatic rings. The van der Waals surface area contributed by atoms with Crippen LogP contribution in [0.25, 0.3) is 0 Å². The molecule has 7 nitrogen and oxygen atoms in total. The number of hydrogen-bond acceptors (Lipinski definition) is 5. The number of carbonyl (C=O) groups is 2. The Morgan fingerprint density at radius 3 is 2.36 bits per heavy atom. The van der Waals surface area contributed by atoms with E-state index in [9.17, 15) is 9.59 Å². The third-order valence-electron chi connectivity index (χ3n) is 4.13. The second kappa shape index (κ2) is 10.2. The van der Waals surface area contributed by atoms with Gasteiger partial charge in [0, 0.05) is 20.6 Å². The van der Waals surface area contributed by atoms with Crippen molar-refractivity contribution in [2.45, 2.75) is 6.42 Å². The Bertz CT molecular complexity index is 820. The van der Waals surface area contributed by atoms with Crippen molar-refractivity contribution in [2.75, 3.05) is 41.5 Å². The van der Waals surface area contributed by atoms with Crippen LogP contribution in [0.3, 0.4) is 0 Å². The van der Waals surface area contributed by atoms with E-state index in [1.807, 2.05) is 18.2 Å². The fourth-order valence-corrected chi connectivity index (χ4v) is 2.50. The summed E-state index contributed by atoms with van der Waals surface area (Å²) in [4.78, 5) is 25.7. The van der Waals surface area contributed by atoms with E-state index in [0.29, 0.717) is 35.8 Å². The highest BCUT2D eigenvalue weighted by Crippen LogP contribution is 2.27. The summed E-state index contributed by atoms with van der Waals surface area (Å²) in [6, 6.07) is 12.5. The average Bonchev–Trinajstić information content (AvgIpc) is 2.71. The SMILES string of the molecule is COc1ccc(CCNC(=O)c2ccccc2OCC(=O)N(C)C)cc1OC. The predicted octanol–water partition coefficient (Wildman–Crippen LogP) is 2.14. The van der Waals surface area contributed by atoms with Gasteiger partial charge in [0.05, 0.1) is 19.8 Å². The first kappa shape index (κ1) is 21.1. The Labute approximate surface area is 165 Å². The molecule has 0 saturated carbocycles. The summed E-state index contributed by atoms with van der Waals surface area (Å²) in [7, 11) is 6.47. The average molecular weight is 386 g/mol. The lowest BCUT2D eigenvalue weighted by Gasteiger charge is -2.14. The van der Waals surface area contributed by atoms with Crippen LogP contribution in [0.5, 0.6) is 17.2 Å². The first-order valence-corrected chi connectivity index (χ1v) is 8.87. The number of carbonyl (C=O) groups excluding carboxylic acids is 2. The maximum Gasteiger partial charge on any atom is 0.259 e. The molecule has 2 amide bonds. The summed E-state index contributed by atoms with van der Waals surface area (Å²) >= 11 is 0. The molecular weight excluding hydrogens is 360 g/mol. The number of amides is 2. The number of benzene rings is 2. The van der Waals surface area contributed by atoms with E-state index in [4.69, 9.17) is 14.2 Å². The lowest BCUT2D eigenvalue weighted by Crippen LogP contribution is -2.29. The molecule has 0 saturated heterocycles. The van der Waals surface area contributed by atoms with Crippen LogP contribution < -0.4 is 19.5 Å². The van der Waals surface area contributed by atoms with Crippen LogP contribution in [-0.4, -0.2) is 58.2 Å². The van der Waals surface area contributed by atoms with Crippen molar-refractivity contribution in [1.82, 2.24) is 10.2 Å². The van der Waals surface area contributed by atoms with Gasteiger partial charge in [-0.3, -0.25) is 9.59 Å². The second-order valence-corrected chi connectivity index (χ2v) is 6.27. The number of methoxy groups -OCH3 is 2. The van der Waals surface area contributed by atoms with Gasteiger partial charge in [-0.25, -0.2) is 0 Å². The molecule has 150 valence electrons. The Morgan fingerprint density at radius 2 is 1.68 bits per heavy atom. The Kier molecular flexibility index (Phi) is 7.68. The molecule has 2 aromatic carbocycles. The van der Waals surface area contributed by atoms with Gasteiger partial charge in [-0.15, -0.1) is 0 Å². The zero-order valence-corrected chi connectivity index (χ0v) is 16.7. The highest BCUT2D eigenvalue weighted by Gasteiger charge is 2.14. The van der Waals surface area contributed by atoms with Gasteiger partial charge in [-0.05, 0) is 36.2 Å². The van der Waals surface area contributed by atoms with Gasteiger partial charge in [0.2, 0.25) is 0 Å². The monoisotopic (exact) mass is 386 g/mol. The number of nitrogens with zero attached hydrogens (tertiary/aromatic N) is 1. The molecule has 0 aliphatic carbocycles. The van der Waals surface area contributed by atoms with Crippen molar-refractivity contribution in [2.24, 2.45) is 0 Å². The standard InChI is InChI=1S/C21H26N2O5/c1-23(2)20(24)14-28-17-8-6-5-7-16(17)21(25)22-12-11-15-9-10-18(26-3)19(13-15)27-4/h5-10,13H,11-12,14H2,1-4H3,(H,22,25). The van der Waals surface area contributed by atoms with Gasteiger partial charge < -0.3 is 24.4 Å². The number of ether oxygens (including phenoxy) is 3. The van der Waals surface area contributed by atoms with Crippen LogP contribution in [0.15, 0.2) is 42.5 Å². The van der Waals surface area contributed by atoms with E-state index in [1.165, 1.54) is 4.90 Å². The fourth-order valence-electron chi connectivity index (χ4n) is 2.50. The quantitative estimate of drug-likeness (QED) is 0.715. The van der Waals surface area contributed by atoms with Crippen molar-refractivity contribution < 1.29 is 23.8 Å². The highest BCUT2D eigenvalue weighted by atomic mass is 16.5. The molecule has 0 aliphatic rings. The molecule has 28 heavy (non-hydrogen) atoms. The summed E-state index contributed by atoms with van der Waals surface area (Å²) in [5, 5.41) is 2.88. The normalized spacial score (nSPS) is 10.1. The second-order valence-electron chi connectivity index (χ2n) is 6.27. The van der Waals surface area contributed by atoms with Crippen molar-refractivity contribution in [3.8, 4) is 17.2 Å². The van der Waals surface area contributed by atoms with Gasteiger partial charge in [-0.2, -0.15) is 0 Å². The van der Waals surface area contributed by atoms with E-state index < -0.39 is 0 Å². The molecule has 0 radical (unpaired) electrons. The van der Waals surface area contributed by atoms with Crippen molar-refractivity contribution in [3.05, 3.63) is 53.6 Å². The molecule has 0 atom stereocenters. The van der Waals surface area contributed by atoms with Crippen LogP contribution in [0.1, 0.15) is 15.9 Å². The molecule has 0 unspecified atom stereocenters. The van der Waals surface area contributed by atoms with Gasteiger partial charge in [0.25, 0.3) is 11.8 Å². The van der Waals surface area contributed by atoms with Gasteiger partial charge in [0.15, 0.2) is 18.1 Å². The van der Waals surface area contributed by atoms with Crippen molar-refractivity contribution >= 4 is 11.8 Å². The molecule has 0 spiro atoms. The third-order valence-corrected chi connectivity index (χ3v) is 4.13. The van der Waals surface area contributed by atoms with Crippen molar-refractivity contribution in [1.29, 1.82) is 0 Å².